The number of rotatable bonds is 1. The number of amides is 1. The van der Waals surface area contributed by atoms with Crippen LogP contribution in [0.4, 0.5) is 22.2 Å². The quantitative estimate of drug-likeness (QED) is 0.533. The zero-order chi connectivity index (χ0) is 13.3. The second-order valence-corrected chi connectivity index (χ2v) is 4.33. The van der Waals surface area contributed by atoms with E-state index in [2.05, 4.69) is 9.97 Å². The molecular weight excluding hydrogens is 256 g/mol. The third-order valence-corrected chi connectivity index (χ3v) is 3.13. The number of nitrogens with one attached hydrogen (secondary N) is 1. The Bertz CT molecular complexity index is 522. The summed E-state index contributed by atoms with van der Waals surface area (Å²) in [6.07, 6.45) is -0.912. The highest BCUT2D eigenvalue weighted by atomic mass is 32.1. The molecule has 1 aliphatic heterocycles. The van der Waals surface area contributed by atoms with Crippen LogP contribution in [0.3, 0.4) is 0 Å². The number of aromatic amines is 1. The van der Waals surface area contributed by atoms with E-state index in [1.54, 1.807) is 0 Å². The van der Waals surface area contributed by atoms with Gasteiger partial charge in [-0.15, -0.1) is 0 Å². The molecule has 0 unspecified atom stereocenters. The molecule has 1 aromatic rings. The van der Waals surface area contributed by atoms with Crippen LogP contribution in [-0.4, -0.2) is 52.2 Å². The Balaban J connectivity index is 2.20. The highest BCUT2D eigenvalue weighted by molar-refractivity contribution is 7.71. The van der Waals surface area contributed by atoms with Crippen LogP contribution in [0.2, 0.25) is 0 Å². The molecule has 2 rings (SSSR count). The number of carboxylic acid groups (broad SMARTS) is 1. The summed E-state index contributed by atoms with van der Waals surface area (Å²) in [5, 5.41) is 8.87. The summed E-state index contributed by atoms with van der Waals surface area (Å²) in [6.45, 7) is 1.89. The van der Waals surface area contributed by atoms with Crippen molar-refractivity contribution in [1.82, 2.24) is 14.9 Å². The molecule has 18 heavy (non-hydrogen) atoms. The van der Waals surface area contributed by atoms with Crippen molar-refractivity contribution in [2.24, 2.45) is 0 Å². The summed E-state index contributed by atoms with van der Waals surface area (Å²) in [7, 11) is 0. The number of anilines is 3. The van der Waals surface area contributed by atoms with Gasteiger partial charge in [0.25, 0.3) is 0 Å². The first kappa shape index (κ1) is 12.4. The Kier molecular flexibility index (Phi) is 3.24. The standard InChI is InChI=1S/C9H14N6O2S/c10-5-6(12-8(11)13-7(5)18)14-1-3-15(4-2-14)9(16)17/h1-4,10H2,(H,16,17)(H3,11,12,13,18). The molecule has 8 nitrogen and oxygen atoms in total. The van der Waals surface area contributed by atoms with Crippen molar-refractivity contribution >= 4 is 35.8 Å². The topological polar surface area (TPSA) is 124 Å². The van der Waals surface area contributed by atoms with Crippen LogP contribution in [-0.2, 0) is 0 Å². The van der Waals surface area contributed by atoms with Crippen LogP contribution in [0.1, 0.15) is 0 Å². The number of nitrogens with two attached hydrogens (primary N) is 2. The lowest BCUT2D eigenvalue weighted by Gasteiger charge is -2.34. The maximum absolute atomic E-state index is 10.8. The van der Waals surface area contributed by atoms with Gasteiger partial charge in [0.15, 0.2) is 10.6 Å². The fraction of sp³-hybridized carbons (Fsp3) is 0.444. The Labute approximate surface area is 108 Å². The fourth-order valence-corrected chi connectivity index (χ4v) is 2.05. The number of piperazine rings is 1. The van der Waals surface area contributed by atoms with Crippen molar-refractivity contribution in [3.05, 3.63) is 4.64 Å². The molecule has 1 saturated heterocycles. The maximum atomic E-state index is 10.8. The van der Waals surface area contributed by atoms with E-state index in [-0.39, 0.29) is 10.6 Å². The first-order valence-electron chi connectivity index (χ1n) is 5.37. The van der Waals surface area contributed by atoms with Gasteiger partial charge in [-0.3, -0.25) is 0 Å². The summed E-state index contributed by atoms with van der Waals surface area (Å²) in [5.41, 5.74) is 11.8. The van der Waals surface area contributed by atoms with E-state index in [4.69, 9.17) is 28.8 Å². The van der Waals surface area contributed by atoms with Crippen LogP contribution in [0.25, 0.3) is 0 Å². The minimum absolute atomic E-state index is 0.199. The number of hydrogen-bond donors (Lipinski definition) is 4. The van der Waals surface area contributed by atoms with Crippen molar-refractivity contribution in [1.29, 1.82) is 0 Å². The van der Waals surface area contributed by atoms with Crippen LogP contribution < -0.4 is 16.4 Å². The lowest BCUT2D eigenvalue weighted by atomic mass is 10.3. The molecule has 98 valence electrons. The second-order valence-electron chi connectivity index (χ2n) is 3.95. The van der Waals surface area contributed by atoms with E-state index in [0.29, 0.717) is 37.7 Å². The molecule has 0 spiro atoms. The summed E-state index contributed by atoms with van der Waals surface area (Å²) >= 11 is 5.00. The number of nitrogen functional groups attached to an aromatic ring is 2. The van der Waals surface area contributed by atoms with E-state index in [1.165, 1.54) is 4.90 Å². The lowest BCUT2D eigenvalue weighted by Crippen LogP contribution is -2.48. The third-order valence-electron chi connectivity index (χ3n) is 2.82. The SMILES string of the molecule is Nc1nc(=S)c(N)c(N2CCN(C(=O)O)CC2)[nH]1. The van der Waals surface area contributed by atoms with Gasteiger partial charge >= 0.3 is 6.09 Å². The molecule has 0 saturated carbocycles. The van der Waals surface area contributed by atoms with Gasteiger partial charge in [-0.2, -0.15) is 0 Å². The molecule has 0 aliphatic carbocycles. The van der Waals surface area contributed by atoms with Gasteiger partial charge in [0, 0.05) is 26.2 Å². The van der Waals surface area contributed by atoms with Gasteiger partial charge < -0.3 is 31.4 Å². The molecule has 1 aliphatic rings. The van der Waals surface area contributed by atoms with Crippen molar-refractivity contribution in [3.63, 3.8) is 0 Å². The van der Waals surface area contributed by atoms with E-state index >= 15 is 0 Å². The zero-order valence-corrected chi connectivity index (χ0v) is 10.4. The normalized spacial score (nSPS) is 15.8. The molecule has 0 bridgehead atoms. The molecular formula is C9H14N6O2S. The first-order valence-corrected chi connectivity index (χ1v) is 5.78. The lowest BCUT2D eigenvalue weighted by molar-refractivity contribution is 0.142. The predicted octanol–water partition coefficient (Wildman–Crippen LogP) is 0.104. The molecule has 0 radical (unpaired) electrons. The Morgan fingerprint density at radius 3 is 2.50 bits per heavy atom. The highest BCUT2D eigenvalue weighted by Gasteiger charge is 2.22. The van der Waals surface area contributed by atoms with E-state index in [1.807, 2.05) is 4.90 Å². The maximum Gasteiger partial charge on any atom is 0.407 e. The molecule has 1 amide bonds. The minimum atomic E-state index is -0.912. The van der Waals surface area contributed by atoms with Gasteiger partial charge in [-0.1, -0.05) is 12.2 Å². The number of hydrogen-bond acceptors (Lipinski definition) is 6. The monoisotopic (exact) mass is 270 g/mol. The first-order chi connectivity index (χ1) is 8.49. The fourth-order valence-electron chi connectivity index (χ4n) is 1.86. The van der Waals surface area contributed by atoms with Crippen molar-refractivity contribution in [2.75, 3.05) is 42.5 Å². The predicted molar refractivity (Wildman–Crippen MR) is 70.1 cm³/mol. The number of nitrogens with zero attached hydrogens (tertiary/aromatic N) is 3. The molecule has 2 heterocycles. The van der Waals surface area contributed by atoms with Gasteiger partial charge in [-0.25, -0.2) is 9.78 Å². The molecule has 1 fully saturated rings. The average molecular weight is 270 g/mol. The molecule has 0 aromatic carbocycles. The van der Waals surface area contributed by atoms with Crippen molar-refractivity contribution in [2.45, 2.75) is 0 Å². The number of aromatic nitrogens is 2. The number of H-pyrrole nitrogens is 1. The summed E-state index contributed by atoms with van der Waals surface area (Å²) in [5.74, 6) is 0.808. The highest BCUT2D eigenvalue weighted by Crippen LogP contribution is 2.22. The molecule has 0 atom stereocenters. The van der Waals surface area contributed by atoms with E-state index < -0.39 is 6.09 Å². The Morgan fingerprint density at radius 1 is 1.33 bits per heavy atom. The van der Waals surface area contributed by atoms with Gasteiger partial charge in [0.05, 0.1) is 0 Å². The van der Waals surface area contributed by atoms with Gasteiger partial charge in [0.2, 0.25) is 0 Å². The minimum Gasteiger partial charge on any atom is -0.465 e. The van der Waals surface area contributed by atoms with Crippen LogP contribution in [0, 0.1) is 4.64 Å². The van der Waals surface area contributed by atoms with Gasteiger partial charge in [0.1, 0.15) is 11.5 Å². The van der Waals surface area contributed by atoms with Gasteiger partial charge in [-0.05, 0) is 0 Å². The van der Waals surface area contributed by atoms with Crippen molar-refractivity contribution in [3.8, 4) is 0 Å². The third kappa shape index (κ3) is 2.30. The molecule has 1 aromatic heterocycles. The van der Waals surface area contributed by atoms with E-state index in [9.17, 15) is 4.79 Å². The summed E-state index contributed by atoms with van der Waals surface area (Å²) < 4.78 is 0.252. The zero-order valence-electron chi connectivity index (χ0n) is 9.59. The van der Waals surface area contributed by atoms with Crippen molar-refractivity contribution < 1.29 is 9.90 Å². The van der Waals surface area contributed by atoms with Crippen LogP contribution in [0.15, 0.2) is 0 Å². The van der Waals surface area contributed by atoms with Crippen LogP contribution in [0.5, 0.6) is 0 Å². The Hall–Kier alpha value is -2.03. The van der Waals surface area contributed by atoms with E-state index in [0.717, 1.165) is 0 Å². The number of carbonyl (C=O) groups is 1. The van der Waals surface area contributed by atoms with Crippen LogP contribution >= 0.6 is 12.2 Å². The average Bonchev–Trinajstić information content (AvgIpc) is 2.34. The smallest absolute Gasteiger partial charge is 0.407 e. The molecule has 9 heteroatoms. The summed E-state index contributed by atoms with van der Waals surface area (Å²) in [4.78, 5) is 20.8. The summed E-state index contributed by atoms with van der Waals surface area (Å²) in [6, 6.07) is 0. The second kappa shape index (κ2) is 4.69. The largest absolute Gasteiger partial charge is 0.465 e. The molecule has 6 N–H and O–H groups in total. The Morgan fingerprint density at radius 2 is 1.94 bits per heavy atom.